The number of rotatable bonds is 3. The molecular formula is C15H14F3NO3S. The van der Waals surface area contributed by atoms with Gasteiger partial charge < -0.3 is 4.74 Å². The average Bonchev–Trinajstić information content (AvgIpc) is 2.76. The largest absolute Gasteiger partial charge is 0.522 e. The highest BCUT2D eigenvalue weighted by molar-refractivity contribution is 7.18. The van der Waals surface area contributed by atoms with Crippen LogP contribution in [0, 0.1) is 6.92 Å². The summed E-state index contributed by atoms with van der Waals surface area (Å²) in [6.07, 6.45) is -5.73. The Morgan fingerprint density at radius 2 is 2.09 bits per heavy atom. The standard InChI is InChI=1S/C15H14F3NO3S/c1-8-3-4-10-5-12(23-13(10)19-8)14(21-9(2)20)6-11(7-14)22-15(16,17)18/h3-5,11H,6-7H2,1-2H3. The number of alkyl halides is 3. The fourth-order valence-electron chi connectivity index (χ4n) is 2.79. The maximum absolute atomic E-state index is 12.3. The first-order valence-corrected chi connectivity index (χ1v) is 7.80. The number of hydrogen-bond acceptors (Lipinski definition) is 5. The first-order chi connectivity index (χ1) is 10.7. The Kier molecular flexibility index (Phi) is 3.84. The monoisotopic (exact) mass is 345 g/mol. The molecule has 0 spiro atoms. The van der Waals surface area contributed by atoms with Crippen molar-refractivity contribution in [3.63, 3.8) is 0 Å². The van der Waals surface area contributed by atoms with Crippen LogP contribution in [0.3, 0.4) is 0 Å². The van der Waals surface area contributed by atoms with Gasteiger partial charge in [-0.05, 0) is 19.1 Å². The molecule has 2 aromatic heterocycles. The van der Waals surface area contributed by atoms with Crippen LogP contribution in [0.25, 0.3) is 10.2 Å². The van der Waals surface area contributed by atoms with Crippen molar-refractivity contribution in [2.45, 2.75) is 44.8 Å². The van der Waals surface area contributed by atoms with Gasteiger partial charge in [0.1, 0.15) is 4.83 Å². The lowest BCUT2D eigenvalue weighted by Crippen LogP contribution is -2.49. The summed E-state index contributed by atoms with van der Waals surface area (Å²) in [5, 5.41) is 0.877. The molecule has 3 rings (SSSR count). The highest BCUT2D eigenvalue weighted by Gasteiger charge is 2.53. The zero-order chi connectivity index (χ0) is 16.8. The van der Waals surface area contributed by atoms with Crippen LogP contribution in [0.15, 0.2) is 18.2 Å². The van der Waals surface area contributed by atoms with Crippen LogP contribution in [-0.4, -0.2) is 23.4 Å². The van der Waals surface area contributed by atoms with Crippen molar-refractivity contribution < 1.29 is 27.4 Å². The van der Waals surface area contributed by atoms with Crippen LogP contribution in [-0.2, 0) is 19.9 Å². The van der Waals surface area contributed by atoms with Crippen molar-refractivity contribution in [2.75, 3.05) is 0 Å². The van der Waals surface area contributed by atoms with Gasteiger partial charge in [0.15, 0.2) is 5.60 Å². The molecule has 0 atom stereocenters. The van der Waals surface area contributed by atoms with Crippen LogP contribution in [0.2, 0.25) is 0 Å². The van der Waals surface area contributed by atoms with Crippen molar-refractivity contribution in [3.8, 4) is 0 Å². The quantitative estimate of drug-likeness (QED) is 0.787. The lowest BCUT2D eigenvalue weighted by Gasteiger charge is -2.45. The van der Waals surface area contributed by atoms with Gasteiger partial charge in [-0.25, -0.2) is 4.98 Å². The molecule has 0 saturated heterocycles. The lowest BCUT2D eigenvalue weighted by molar-refractivity contribution is -0.364. The number of carbonyl (C=O) groups excluding carboxylic acids is 1. The summed E-state index contributed by atoms with van der Waals surface area (Å²) >= 11 is 1.33. The SMILES string of the molecule is CC(=O)OC1(c2cc3ccc(C)nc3s2)CC(OC(F)(F)F)C1. The number of nitrogens with zero attached hydrogens (tertiary/aromatic N) is 1. The first-order valence-electron chi connectivity index (χ1n) is 6.99. The molecule has 0 amide bonds. The molecule has 1 aliphatic rings. The number of halogens is 3. The van der Waals surface area contributed by atoms with E-state index in [-0.39, 0.29) is 12.8 Å². The van der Waals surface area contributed by atoms with Gasteiger partial charge in [0.2, 0.25) is 0 Å². The molecular weight excluding hydrogens is 331 g/mol. The second-order valence-corrected chi connectivity index (χ2v) is 6.67. The molecule has 124 valence electrons. The topological polar surface area (TPSA) is 48.4 Å². The molecule has 0 N–H and O–H groups in total. The van der Waals surface area contributed by atoms with Crippen LogP contribution < -0.4 is 0 Å². The van der Waals surface area contributed by atoms with Gasteiger partial charge in [0, 0.05) is 30.8 Å². The zero-order valence-electron chi connectivity index (χ0n) is 12.4. The van der Waals surface area contributed by atoms with Gasteiger partial charge in [0.25, 0.3) is 0 Å². The third-order valence-electron chi connectivity index (χ3n) is 3.73. The van der Waals surface area contributed by atoms with E-state index in [9.17, 15) is 18.0 Å². The van der Waals surface area contributed by atoms with Crippen LogP contribution >= 0.6 is 11.3 Å². The number of fused-ring (bicyclic) bond motifs is 1. The molecule has 1 fully saturated rings. The maximum atomic E-state index is 12.3. The summed E-state index contributed by atoms with van der Waals surface area (Å²) in [5.74, 6) is -0.531. The molecule has 1 aliphatic carbocycles. The van der Waals surface area contributed by atoms with E-state index in [2.05, 4.69) is 9.72 Å². The minimum absolute atomic E-state index is 0.0160. The van der Waals surface area contributed by atoms with Crippen molar-refractivity contribution in [1.29, 1.82) is 0 Å². The smallest absolute Gasteiger partial charge is 0.453 e. The number of esters is 1. The number of thiophene rings is 1. The third-order valence-corrected chi connectivity index (χ3v) is 4.96. The Balaban J connectivity index is 1.89. The van der Waals surface area contributed by atoms with Crippen molar-refractivity contribution in [3.05, 3.63) is 28.8 Å². The summed E-state index contributed by atoms with van der Waals surface area (Å²) < 4.78 is 46.3. The molecule has 2 heterocycles. The molecule has 4 nitrogen and oxygen atoms in total. The summed E-state index contributed by atoms with van der Waals surface area (Å²) in [6, 6.07) is 5.56. The van der Waals surface area contributed by atoms with E-state index < -0.39 is 24.0 Å². The van der Waals surface area contributed by atoms with Crippen LogP contribution in [0.1, 0.15) is 30.3 Å². The van der Waals surface area contributed by atoms with E-state index in [4.69, 9.17) is 4.74 Å². The van der Waals surface area contributed by atoms with E-state index in [1.807, 2.05) is 25.1 Å². The van der Waals surface area contributed by atoms with Crippen molar-refractivity contribution in [1.82, 2.24) is 4.98 Å². The molecule has 1 saturated carbocycles. The number of ether oxygens (including phenoxy) is 2. The minimum Gasteiger partial charge on any atom is -0.453 e. The Morgan fingerprint density at radius 1 is 1.39 bits per heavy atom. The second kappa shape index (κ2) is 5.45. The molecule has 0 aliphatic heterocycles. The van der Waals surface area contributed by atoms with Crippen molar-refractivity contribution in [2.24, 2.45) is 0 Å². The van der Waals surface area contributed by atoms with Gasteiger partial charge in [-0.15, -0.1) is 24.5 Å². The van der Waals surface area contributed by atoms with Gasteiger partial charge in [-0.1, -0.05) is 6.07 Å². The summed E-state index contributed by atoms with van der Waals surface area (Å²) in [4.78, 5) is 17.3. The number of pyridine rings is 1. The van der Waals surface area contributed by atoms with Gasteiger partial charge in [-0.2, -0.15) is 0 Å². The van der Waals surface area contributed by atoms with E-state index in [0.29, 0.717) is 4.88 Å². The van der Waals surface area contributed by atoms with Crippen LogP contribution in [0.5, 0.6) is 0 Å². The minimum atomic E-state index is -4.69. The Hall–Kier alpha value is -1.67. The summed E-state index contributed by atoms with van der Waals surface area (Å²) in [7, 11) is 0. The average molecular weight is 345 g/mol. The number of hydrogen-bond donors (Lipinski definition) is 0. The second-order valence-electron chi connectivity index (χ2n) is 5.64. The van der Waals surface area contributed by atoms with Gasteiger partial charge >= 0.3 is 12.3 Å². The molecule has 0 unspecified atom stereocenters. The number of aryl methyl sites for hydroxylation is 1. The van der Waals surface area contributed by atoms with Gasteiger partial charge in [-0.3, -0.25) is 9.53 Å². The number of aromatic nitrogens is 1. The van der Waals surface area contributed by atoms with E-state index >= 15 is 0 Å². The third kappa shape index (κ3) is 3.32. The molecule has 0 aromatic carbocycles. The fraction of sp³-hybridized carbons (Fsp3) is 0.467. The zero-order valence-corrected chi connectivity index (χ0v) is 13.3. The van der Waals surface area contributed by atoms with Crippen molar-refractivity contribution >= 4 is 27.5 Å². The normalized spacial score (nSPS) is 24.5. The predicted octanol–water partition coefficient (Wildman–Crippen LogP) is 4.06. The highest BCUT2D eigenvalue weighted by Crippen LogP contribution is 2.50. The highest BCUT2D eigenvalue weighted by atomic mass is 32.1. The number of carbonyl (C=O) groups is 1. The molecule has 8 heteroatoms. The molecule has 0 bridgehead atoms. The van der Waals surface area contributed by atoms with Crippen LogP contribution in [0.4, 0.5) is 13.2 Å². The maximum Gasteiger partial charge on any atom is 0.522 e. The Bertz CT molecular complexity index is 750. The Labute approximate surface area is 134 Å². The first kappa shape index (κ1) is 16.2. The summed E-state index contributed by atoms with van der Waals surface area (Å²) in [6.45, 7) is 3.10. The van der Waals surface area contributed by atoms with E-state index in [1.54, 1.807) is 0 Å². The lowest BCUT2D eigenvalue weighted by atomic mass is 9.76. The molecule has 2 aromatic rings. The van der Waals surface area contributed by atoms with E-state index in [0.717, 1.165) is 15.9 Å². The molecule has 0 radical (unpaired) electrons. The summed E-state index contributed by atoms with van der Waals surface area (Å²) in [5.41, 5.74) is -0.208. The molecule has 23 heavy (non-hydrogen) atoms. The Morgan fingerprint density at radius 3 is 2.70 bits per heavy atom. The fourth-order valence-corrected chi connectivity index (χ4v) is 4.02. The van der Waals surface area contributed by atoms with Gasteiger partial charge in [0.05, 0.1) is 11.0 Å². The van der Waals surface area contributed by atoms with E-state index in [1.165, 1.54) is 18.3 Å². The predicted molar refractivity (Wildman–Crippen MR) is 78.0 cm³/mol.